The van der Waals surface area contributed by atoms with Crippen molar-refractivity contribution in [2.45, 2.75) is 38.8 Å². The van der Waals surface area contributed by atoms with Crippen LogP contribution < -0.4 is 11.1 Å². The molecule has 0 saturated carbocycles. The molecule has 1 aliphatic rings. The Bertz CT molecular complexity index is 508. The maximum Gasteiger partial charge on any atom is 0.251 e. The highest BCUT2D eigenvalue weighted by Crippen LogP contribution is 2.15. The number of nitrogens with two attached hydrogens (primary N) is 1. The van der Waals surface area contributed by atoms with E-state index in [9.17, 15) is 9.59 Å². The van der Waals surface area contributed by atoms with E-state index in [1.807, 2.05) is 36.9 Å². The fourth-order valence-electron chi connectivity index (χ4n) is 2.62. The molecule has 0 aliphatic carbocycles. The van der Waals surface area contributed by atoms with E-state index in [0.717, 1.165) is 12.8 Å². The molecule has 1 aromatic carbocycles. The van der Waals surface area contributed by atoms with Crippen molar-refractivity contribution < 1.29 is 9.59 Å². The first kappa shape index (κ1) is 16.5. The molecule has 1 fully saturated rings. The molecule has 1 saturated heterocycles. The number of piperidine rings is 1. The minimum absolute atomic E-state index is 0.0469. The van der Waals surface area contributed by atoms with Crippen LogP contribution in [0.5, 0.6) is 0 Å². The maximum absolute atomic E-state index is 12.2. The van der Waals surface area contributed by atoms with E-state index in [4.69, 9.17) is 5.73 Å². The topological polar surface area (TPSA) is 75.4 Å². The fourth-order valence-corrected chi connectivity index (χ4v) is 2.62. The van der Waals surface area contributed by atoms with Gasteiger partial charge < -0.3 is 16.0 Å². The highest BCUT2D eigenvalue weighted by Gasteiger charge is 2.28. The molecule has 2 amide bonds. The minimum Gasteiger partial charge on any atom is -0.349 e. The summed E-state index contributed by atoms with van der Waals surface area (Å²) in [5.41, 5.74) is 6.47. The number of rotatable bonds is 4. The van der Waals surface area contributed by atoms with Crippen molar-refractivity contribution in [1.82, 2.24) is 10.2 Å². The molecule has 5 nitrogen and oxygen atoms in total. The summed E-state index contributed by atoms with van der Waals surface area (Å²) in [5, 5.41) is 3.05. The number of benzene rings is 1. The lowest BCUT2D eigenvalue weighted by molar-refractivity contribution is -0.136. The first-order chi connectivity index (χ1) is 10.5. The van der Waals surface area contributed by atoms with Crippen LogP contribution in [0, 0.1) is 5.92 Å². The maximum atomic E-state index is 12.2. The molecule has 1 aliphatic heterocycles. The van der Waals surface area contributed by atoms with Gasteiger partial charge in [-0.3, -0.25) is 9.59 Å². The van der Waals surface area contributed by atoms with Crippen molar-refractivity contribution in [2.24, 2.45) is 11.7 Å². The van der Waals surface area contributed by atoms with E-state index in [1.165, 1.54) is 0 Å². The van der Waals surface area contributed by atoms with E-state index in [-0.39, 0.29) is 29.8 Å². The molecule has 120 valence electrons. The van der Waals surface area contributed by atoms with Crippen LogP contribution in [0.2, 0.25) is 0 Å². The van der Waals surface area contributed by atoms with Crippen LogP contribution in [0.3, 0.4) is 0 Å². The van der Waals surface area contributed by atoms with E-state index >= 15 is 0 Å². The van der Waals surface area contributed by atoms with Gasteiger partial charge in [-0.15, -0.1) is 0 Å². The minimum atomic E-state index is -0.157. The van der Waals surface area contributed by atoms with Crippen molar-refractivity contribution in [3.8, 4) is 0 Å². The lowest BCUT2D eigenvalue weighted by Gasteiger charge is -2.34. The van der Waals surface area contributed by atoms with Gasteiger partial charge in [0.15, 0.2) is 0 Å². The summed E-state index contributed by atoms with van der Waals surface area (Å²) in [6, 6.07) is 9.19. The smallest absolute Gasteiger partial charge is 0.251 e. The molecule has 1 heterocycles. The first-order valence-electron chi connectivity index (χ1n) is 7.89. The van der Waals surface area contributed by atoms with Crippen LogP contribution in [0.15, 0.2) is 30.3 Å². The van der Waals surface area contributed by atoms with Crippen molar-refractivity contribution >= 4 is 11.8 Å². The summed E-state index contributed by atoms with van der Waals surface area (Å²) in [7, 11) is 0. The van der Waals surface area contributed by atoms with Gasteiger partial charge in [-0.2, -0.15) is 0 Å². The zero-order chi connectivity index (χ0) is 16.1. The lowest BCUT2D eigenvalue weighted by Crippen LogP contribution is -2.49. The molecule has 3 N–H and O–H groups in total. The Labute approximate surface area is 131 Å². The highest BCUT2D eigenvalue weighted by atomic mass is 16.2. The second kappa shape index (κ2) is 7.40. The predicted octanol–water partition coefficient (Wildman–Crippen LogP) is 1.39. The van der Waals surface area contributed by atoms with Crippen LogP contribution in [0.25, 0.3) is 0 Å². The van der Waals surface area contributed by atoms with Gasteiger partial charge in [0.1, 0.15) is 0 Å². The summed E-state index contributed by atoms with van der Waals surface area (Å²) in [6.07, 6.45) is 1.58. The van der Waals surface area contributed by atoms with Gasteiger partial charge in [-0.05, 0) is 31.9 Å². The molecule has 1 aromatic rings. The summed E-state index contributed by atoms with van der Waals surface area (Å²) < 4.78 is 0. The van der Waals surface area contributed by atoms with Crippen molar-refractivity contribution in [3.05, 3.63) is 35.9 Å². The van der Waals surface area contributed by atoms with Crippen LogP contribution in [0.4, 0.5) is 0 Å². The number of hydrogen-bond acceptors (Lipinski definition) is 3. The largest absolute Gasteiger partial charge is 0.349 e. The molecule has 0 aromatic heterocycles. The molecule has 5 heteroatoms. The quantitative estimate of drug-likeness (QED) is 0.882. The Morgan fingerprint density at radius 3 is 2.32 bits per heavy atom. The highest BCUT2D eigenvalue weighted by molar-refractivity contribution is 5.94. The number of amides is 2. The van der Waals surface area contributed by atoms with Gasteiger partial charge in [0, 0.05) is 30.7 Å². The number of carbonyl (C=O) groups is 2. The molecule has 2 rings (SSSR count). The normalized spacial score (nSPS) is 18.6. The van der Waals surface area contributed by atoms with Crippen LogP contribution in [0.1, 0.15) is 37.0 Å². The van der Waals surface area contributed by atoms with E-state index in [1.54, 1.807) is 12.1 Å². The summed E-state index contributed by atoms with van der Waals surface area (Å²) in [4.78, 5) is 26.2. The second-order valence-corrected chi connectivity index (χ2v) is 6.09. The third-order valence-electron chi connectivity index (χ3n) is 4.36. The molecule has 2 unspecified atom stereocenters. The van der Waals surface area contributed by atoms with Gasteiger partial charge in [0.25, 0.3) is 5.91 Å². The van der Waals surface area contributed by atoms with E-state index in [2.05, 4.69) is 5.32 Å². The Hall–Kier alpha value is -1.88. The molecular formula is C17H25N3O2. The molecule has 0 bridgehead atoms. The molecule has 22 heavy (non-hydrogen) atoms. The van der Waals surface area contributed by atoms with E-state index < -0.39 is 0 Å². The summed E-state index contributed by atoms with van der Waals surface area (Å²) in [6.45, 7) is 5.08. The van der Waals surface area contributed by atoms with Gasteiger partial charge in [-0.1, -0.05) is 25.1 Å². The first-order valence-corrected chi connectivity index (χ1v) is 7.89. The van der Waals surface area contributed by atoms with Gasteiger partial charge >= 0.3 is 0 Å². The lowest BCUT2D eigenvalue weighted by atomic mass is 9.99. The van der Waals surface area contributed by atoms with Crippen LogP contribution in [-0.2, 0) is 4.79 Å². The number of likely N-dealkylation sites (tertiary alicyclic amines) is 1. The van der Waals surface area contributed by atoms with Crippen LogP contribution in [-0.4, -0.2) is 41.9 Å². The fraction of sp³-hybridized carbons (Fsp3) is 0.529. The number of carbonyl (C=O) groups excluding carboxylic acids is 2. The van der Waals surface area contributed by atoms with Crippen molar-refractivity contribution in [2.75, 3.05) is 13.1 Å². The standard InChI is InChI=1S/C17H25N3O2/c1-12(13(2)18)17(22)20-10-8-15(9-11-20)19-16(21)14-6-4-3-5-7-14/h3-7,12-13,15H,8-11,18H2,1-2H3,(H,19,21). The average molecular weight is 303 g/mol. The third kappa shape index (κ3) is 4.07. The van der Waals surface area contributed by atoms with Gasteiger partial charge in [-0.25, -0.2) is 0 Å². The predicted molar refractivity (Wildman–Crippen MR) is 86.3 cm³/mol. The van der Waals surface area contributed by atoms with Gasteiger partial charge in [0.05, 0.1) is 5.92 Å². The summed E-state index contributed by atoms with van der Waals surface area (Å²) >= 11 is 0. The molecule has 0 radical (unpaired) electrons. The number of hydrogen-bond donors (Lipinski definition) is 2. The average Bonchev–Trinajstić information content (AvgIpc) is 2.55. The zero-order valence-electron chi connectivity index (χ0n) is 13.3. The SMILES string of the molecule is CC(N)C(C)C(=O)N1CCC(NC(=O)c2ccccc2)CC1. The molecule has 0 spiro atoms. The number of nitrogens with one attached hydrogen (secondary N) is 1. The summed E-state index contributed by atoms with van der Waals surface area (Å²) in [5.74, 6) is -0.0902. The Balaban J connectivity index is 1.82. The van der Waals surface area contributed by atoms with Crippen molar-refractivity contribution in [3.63, 3.8) is 0 Å². The van der Waals surface area contributed by atoms with E-state index in [0.29, 0.717) is 18.7 Å². The Kier molecular flexibility index (Phi) is 5.55. The monoisotopic (exact) mass is 303 g/mol. The zero-order valence-corrected chi connectivity index (χ0v) is 13.3. The molecule has 2 atom stereocenters. The third-order valence-corrected chi connectivity index (χ3v) is 4.36. The Morgan fingerprint density at radius 1 is 1.18 bits per heavy atom. The second-order valence-electron chi connectivity index (χ2n) is 6.09. The van der Waals surface area contributed by atoms with Gasteiger partial charge in [0.2, 0.25) is 5.91 Å². The molecular weight excluding hydrogens is 278 g/mol. The van der Waals surface area contributed by atoms with Crippen molar-refractivity contribution in [1.29, 1.82) is 0 Å². The number of nitrogens with zero attached hydrogens (tertiary/aromatic N) is 1. The van der Waals surface area contributed by atoms with Crippen LogP contribution >= 0.6 is 0 Å². The Morgan fingerprint density at radius 2 is 1.77 bits per heavy atom.